The summed E-state index contributed by atoms with van der Waals surface area (Å²) in [5.41, 5.74) is 2.52. The van der Waals surface area contributed by atoms with E-state index in [2.05, 4.69) is 10.6 Å². The molecule has 5 nitrogen and oxygen atoms in total. The van der Waals surface area contributed by atoms with Crippen LogP contribution in [0.3, 0.4) is 0 Å². The summed E-state index contributed by atoms with van der Waals surface area (Å²) in [4.78, 5) is 25.3. The summed E-state index contributed by atoms with van der Waals surface area (Å²) in [5.74, 6) is 0.197. The molecule has 0 spiro atoms. The first-order valence-corrected chi connectivity index (χ1v) is 9.14. The minimum atomic E-state index is -0.629. The van der Waals surface area contributed by atoms with Gasteiger partial charge in [-0.15, -0.1) is 0 Å². The van der Waals surface area contributed by atoms with Crippen LogP contribution in [0, 0.1) is 12.8 Å². The van der Waals surface area contributed by atoms with Gasteiger partial charge in [-0.1, -0.05) is 49.7 Å². The summed E-state index contributed by atoms with van der Waals surface area (Å²) < 4.78 is 5.41. The lowest BCUT2D eigenvalue weighted by Gasteiger charge is -2.25. The van der Waals surface area contributed by atoms with Gasteiger partial charge in [0.2, 0.25) is 5.91 Å². The second-order valence-corrected chi connectivity index (χ2v) is 7.04. The minimum Gasteiger partial charge on any atom is -0.496 e. The van der Waals surface area contributed by atoms with Gasteiger partial charge in [0, 0.05) is 11.1 Å². The third-order valence-corrected chi connectivity index (χ3v) is 4.48. The average Bonchev–Trinajstić information content (AvgIpc) is 2.66. The van der Waals surface area contributed by atoms with Crippen molar-refractivity contribution in [3.63, 3.8) is 0 Å². The summed E-state index contributed by atoms with van der Waals surface area (Å²) in [7, 11) is 1.61. The van der Waals surface area contributed by atoms with Crippen molar-refractivity contribution in [2.45, 2.75) is 39.8 Å². The molecule has 0 aliphatic carbocycles. The smallest absolute Gasteiger partial charge is 0.251 e. The van der Waals surface area contributed by atoms with E-state index in [0.717, 1.165) is 16.9 Å². The van der Waals surface area contributed by atoms with Crippen LogP contribution in [-0.2, 0) is 4.79 Å². The first kappa shape index (κ1) is 20.5. The highest BCUT2D eigenvalue weighted by Gasteiger charge is 2.26. The summed E-state index contributed by atoms with van der Waals surface area (Å²) in [6, 6.07) is 13.9. The lowest BCUT2D eigenvalue weighted by molar-refractivity contribution is -0.124. The van der Waals surface area contributed by atoms with Crippen molar-refractivity contribution >= 4 is 11.8 Å². The van der Waals surface area contributed by atoms with Crippen molar-refractivity contribution in [2.75, 3.05) is 7.11 Å². The number of carbonyl (C=O) groups excluding carboxylic acids is 2. The van der Waals surface area contributed by atoms with Crippen LogP contribution in [0.1, 0.15) is 48.3 Å². The minimum absolute atomic E-state index is 0.0516. The molecule has 5 heteroatoms. The van der Waals surface area contributed by atoms with Crippen molar-refractivity contribution in [3.8, 4) is 5.75 Å². The molecule has 2 atom stereocenters. The summed E-state index contributed by atoms with van der Waals surface area (Å²) >= 11 is 0. The van der Waals surface area contributed by atoms with Crippen molar-refractivity contribution in [2.24, 2.45) is 5.92 Å². The SMILES string of the molecule is COc1ccc(C)cc1C(C)NC(=O)[C@@H](NC(=O)c1ccccc1)C(C)C. The molecule has 0 saturated carbocycles. The van der Waals surface area contributed by atoms with Crippen LogP contribution in [0.4, 0.5) is 0 Å². The number of hydrogen-bond donors (Lipinski definition) is 2. The quantitative estimate of drug-likeness (QED) is 0.784. The van der Waals surface area contributed by atoms with Gasteiger partial charge >= 0.3 is 0 Å². The van der Waals surface area contributed by atoms with Gasteiger partial charge in [0.25, 0.3) is 5.91 Å². The topological polar surface area (TPSA) is 67.4 Å². The van der Waals surface area contributed by atoms with Gasteiger partial charge in [-0.25, -0.2) is 0 Å². The van der Waals surface area contributed by atoms with E-state index in [1.807, 2.05) is 52.0 Å². The molecule has 0 aromatic heterocycles. The maximum atomic E-state index is 12.9. The van der Waals surface area contributed by atoms with Crippen LogP contribution in [0.25, 0.3) is 0 Å². The molecular formula is C22H28N2O3. The number of methoxy groups -OCH3 is 1. The maximum absolute atomic E-state index is 12.9. The van der Waals surface area contributed by atoms with E-state index in [4.69, 9.17) is 4.74 Å². The highest BCUT2D eigenvalue weighted by molar-refractivity contribution is 5.97. The monoisotopic (exact) mass is 368 g/mol. The molecule has 0 saturated heterocycles. The summed E-state index contributed by atoms with van der Waals surface area (Å²) in [6.45, 7) is 7.72. The first-order valence-electron chi connectivity index (χ1n) is 9.14. The Balaban J connectivity index is 2.13. The van der Waals surface area contributed by atoms with E-state index in [1.54, 1.807) is 31.4 Å². The highest BCUT2D eigenvalue weighted by atomic mass is 16.5. The molecule has 2 aromatic carbocycles. The number of hydrogen-bond acceptors (Lipinski definition) is 3. The molecule has 2 amide bonds. The van der Waals surface area contributed by atoms with Gasteiger partial charge in [-0.3, -0.25) is 9.59 Å². The number of rotatable bonds is 7. The Bertz CT molecular complexity index is 787. The van der Waals surface area contributed by atoms with Crippen LogP contribution in [0.5, 0.6) is 5.75 Å². The lowest BCUT2D eigenvalue weighted by atomic mass is 10.0. The first-order chi connectivity index (χ1) is 12.8. The molecule has 2 rings (SSSR count). The van der Waals surface area contributed by atoms with Crippen molar-refractivity contribution < 1.29 is 14.3 Å². The van der Waals surface area contributed by atoms with Crippen LogP contribution in [-0.4, -0.2) is 25.0 Å². The number of carbonyl (C=O) groups is 2. The Kier molecular flexibility index (Phi) is 6.99. The number of nitrogens with one attached hydrogen (secondary N) is 2. The lowest BCUT2D eigenvalue weighted by Crippen LogP contribution is -2.50. The normalized spacial score (nSPS) is 13.0. The molecule has 1 unspecified atom stereocenters. The Morgan fingerprint density at radius 3 is 2.22 bits per heavy atom. The number of ether oxygens (including phenoxy) is 1. The fourth-order valence-corrected chi connectivity index (χ4v) is 2.92. The highest BCUT2D eigenvalue weighted by Crippen LogP contribution is 2.26. The van der Waals surface area contributed by atoms with E-state index < -0.39 is 6.04 Å². The molecular weight excluding hydrogens is 340 g/mol. The second kappa shape index (κ2) is 9.21. The average molecular weight is 368 g/mol. The summed E-state index contributed by atoms with van der Waals surface area (Å²) in [6.07, 6.45) is 0. The second-order valence-electron chi connectivity index (χ2n) is 7.04. The van der Waals surface area contributed by atoms with E-state index >= 15 is 0 Å². The number of amides is 2. The molecule has 2 aromatic rings. The Hall–Kier alpha value is -2.82. The Labute approximate surface area is 161 Å². The van der Waals surface area contributed by atoms with E-state index in [0.29, 0.717) is 5.56 Å². The molecule has 0 aliphatic rings. The zero-order valence-electron chi connectivity index (χ0n) is 16.6. The van der Waals surface area contributed by atoms with Gasteiger partial charge < -0.3 is 15.4 Å². The fourth-order valence-electron chi connectivity index (χ4n) is 2.92. The zero-order valence-corrected chi connectivity index (χ0v) is 16.6. The summed E-state index contributed by atoms with van der Waals surface area (Å²) in [5, 5.41) is 5.85. The third kappa shape index (κ3) is 5.33. The van der Waals surface area contributed by atoms with Crippen molar-refractivity contribution in [1.29, 1.82) is 0 Å². The van der Waals surface area contributed by atoms with E-state index in [1.165, 1.54) is 0 Å². The maximum Gasteiger partial charge on any atom is 0.251 e. The molecule has 0 bridgehead atoms. The molecule has 144 valence electrons. The molecule has 27 heavy (non-hydrogen) atoms. The van der Waals surface area contributed by atoms with Gasteiger partial charge in [0.05, 0.1) is 13.2 Å². The third-order valence-electron chi connectivity index (χ3n) is 4.48. The Morgan fingerprint density at radius 2 is 1.63 bits per heavy atom. The van der Waals surface area contributed by atoms with Gasteiger partial charge in [-0.2, -0.15) is 0 Å². The van der Waals surface area contributed by atoms with Gasteiger partial charge in [0.1, 0.15) is 11.8 Å². The molecule has 0 fully saturated rings. The fraction of sp³-hybridized carbons (Fsp3) is 0.364. The van der Waals surface area contributed by atoms with Gasteiger partial charge in [0.15, 0.2) is 0 Å². The predicted molar refractivity (Wildman–Crippen MR) is 107 cm³/mol. The van der Waals surface area contributed by atoms with Crippen LogP contribution < -0.4 is 15.4 Å². The largest absolute Gasteiger partial charge is 0.496 e. The molecule has 2 N–H and O–H groups in total. The standard InChI is InChI=1S/C22H28N2O3/c1-14(2)20(24-21(25)17-9-7-6-8-10-17)22(26)23-16(4)18-13-15(3)11-12-19(18)27-5/h6-14,16,20H,1-5H3,(H,23,26)(H,24,25)/t16?,20-/m0/s1. The molecule has 0 radical (unpaired) electrons. The molecule has 0 aliphatic heterocycles. The van der Waals surface area contributed by atoms with E-state index in [-0.39, 0.29) is 23.8 Å². The number of benzene rings is 2. The predicted octanol–water partition coefficient (Wildman–Crippen LogP) is 3.64. The van der Waals surface area contributed by atoms with Crippen LogP contribution in [0.2, 0.25) is 0 Å². The van der Waals surface area contributed by atoms with Crippen molar-refractivity contribution in [1.82, 2.24) is 10.6 Å². The van der Waals surface area contributed by atoms with Crippen molar-refractivity contribution in [3.05, 3.63) is 65.2 Å². The van der Waals surface area contributed by atoms with Crippen LogP contribution >= 0.6 is 0 Å². The Morgan fingerprint density at radius 1 is 0.963 bits per heavy atom. The van der Waals surface area contributed by atoms with E-state index in [9.17, 15) is 9.59 Å². The van der Waals surface area contributed by atoms with Crippen LogP contribution in [0.15, 0.2) is 48.5 Å². The van der Waals surface area contributed by atoms with Gasteiger partial charge in [-0.05, 0) is 38.0 Å². The number of aryl methyl sites for hydroxylation is 1. The molecule has 0 heterocycles. The zero-order chi connectivity index (χ0) is 20.0.